The quantitative estimate of drug-likeness (QED) is 0.855. The first-order valence-corrected chi connectivity index (χ1v) is 8.35. The Kier molecular flexibility index (Phi) is 4.45. The highest BCUT2D eigenvalue weighted by Gasteiger charge is 2.36. The summed E-state index contributed by atoms with van der Waals surface area (Å²) >= 11 is 0. The molecule has 0 saturated carbocycles. The monoisotopic (exact) mass is 306 g/mol. The van der Waals surface area contributed by atoms with E-state index in [-0.39, 0.29) is 10.7 Å². The van der Waals surface area contributed by atoms with Crippen LogP contribution in [0.25, 0.3) is 0 Å². The molecule has 0 aromatic heterocycles. The van der Waals surface area contributed by atoms with Crippen molar-refractivity contribution in [2.45, 2.75) is 44.0 Å². The molecule has 1 aromatic carbocycles. The lowest BCUT2D eigenvalue weighted by atomic mass is 10.0. The minimum atomic E-state index is -3.76. The molecule has 1 fully saturated rings. The second-order valence-electron chi connectivity index (χ2n) is 5.33. The SMILES string of the molecule is CC(=O)C1CCCCN1S(=O)(=O)c1cc(C#N)ccc1C. The summed E-state index contributed by atoms with van der Waals surface area (Å²) in [6, 6.07) is 5.96. The van der Waals surface area contributed by atoms with E-state index in [1.807, 2.05) is 6.07 Å². The number of benzene rings is 1. The molecule has 0 N–H and O–H groups in total. The number of hydrogen-bond acceptors (Lipinski definition) is 4. The summed E-state index contributed by atoms with van der Waals surface area (Å²) in [4.78, 5) is 11.9. The van der Waals surface area contributed by atoms with Crippen molar-refractivity contribution in [2.24, 2.45) is 0 Å². The van der Waals surface area contributed by atoms with Crippen molar-refractivity contribution >= 4 is 15.8 Å². The largest absolute Gasteiger partial charge is 0.298 e. The lowest BCUT2D eigenvalue weighted by Gasteiger charge is -2.33. The fraction of sp³-hybridized carbons (Fsp3) is 0.467. The predicted molar refractivity (Wildman–Crippen MR) is 78.1 cm³/mol. The maximum absolute atomic E-state index is 12.9. The molecule has 0 radical (unpaired) electrons. The third kappa shape index (κ3) is 2.99. The summed E-state index contributed by atoms with van der Waals surface area (Å²) in [6.07, 6.45) is 2.17. The second kappa shape index (κ2) is 5.96. The van der Waals surface area contributed by atoms with Gasteiger partial charge in [-0.2, -0.15) is 9.57 Å². The van der Waals surface area contributed by atoms with Gasteiger partial charge in [-0.25, -0.2) is 8.42 Å². The van der Waals surface area contributed by atoms with Gasteiger partial charge in [0, 0.05) is 6.54 Å². The van der Waals surface area contributed by atoms with Crippen LogP contribution in [-0.2, 0) is 14.8 Å². The van der Waals surface area contributed by atoms with Crippen LogP contribution in [0.3, 0.4) is 0 Å². The van der Waals surface area contributed by atoms with Crippen molar-refractivity contribution in [3.05, 3.63) is 29.3 Å². The van der Waals surface area contributed by atoms with E-state index in [0.717, 1.165) is 12.8 Å². The fourth-order valence-electron chi connectivity index (χ4n) is 2.67. The van der Waals surface area contributed by atoms with E-state index in [1.54, 1.807) is 19.1 Å². The Morgan fingerprint density at radius 3 is 2.71 bits per heavy atom. The number of Topliss-reactive ketones (excluding diaryl/α,β-unsaturated/α-hetero) is 1. The van der Waals surface area contributed by atoms with Gasteiger partial charge in [-0.15, -0.1) is 0 Å². The smallest absolute Gasteiger partial charge is 0.244 e. The Hall–Kier alpha value is -1.71. The van der Waals surface area contributed by atoms with E-state index in [4.69, 9.17) is 5.26 Å². The molecule has 0 aliphatic carbocycles. The first-order valence-electron chi connectivity index (χ1n) is 6.91. The van der Waals surface area contributed by atoms with Gasteiger partial charge < -0.3 is 0 Å². The first-order chi connectivity index (χ1) is 9.87. The molecule has 1 atom stereocenters. The Bertz CT molecular complexity index is 704. The average molecular weight is 306 g/mol. The van der Waals surface area contributed by atoms with Gasteiger partial charge in [-0.05, 0) is 44.4 Å². The van der Waals surface area contributed by atoms with Gasteiger partial charge in [0.05, 0.1) is 22.6 Å². The zero-order valence-electron chi connectivity index (χ0n) is 12.2. The Labute approximate surface area is 125 Å². The zero-order chi connectivity index (χ0) is 15.6. The van der Waals surface area contributed by atoms with Crippen molar-refractivity contribution < 1.29 is 13.2 Å². The number of hydrogen-bond donors (Lipinski definition) is 0. The second-order valence-corrected chi connectivity index (χ2v) is 7.19. The molecule has 0 amide bonds. The van der Waals surface area contributed by atoms with Gasteiger partial charge in [0.15, 0.2) is 0 Å². The minimum absolute atomic E-state index is 0.120. The van der Waals surface area contributed by atoms with Crippen LogP contribution in [0.15, 0.2) is 23.1 Å². The molecule has 1 aliphatic rings. The Morgan fingerprint density at radius 2 is 2.10 bits per heavy atom. The van der Waals surface area contributed by atoms with Crippen LogP contribution in [0.5, 0.6) is 0 Å². The predicted octanol–water partition coefficient (Wildman–Crippen LogP) is 2.00. The van der Waals surface area contributed by atoms with Gasteiger partial charge in [-0.1, -0.05) is 12.5 Å². The Morgan fingerprint density at radius 1 is 1.38 bits per heavy atom. The number of ketones is 1. The van der Waals surface area contributed by atoms with Crippen molar-refractivity contribution in [1.82, 2.24) is 4.31 Å². The van der Waals surface area contributed by atoms with E-state index in [2.05, 4.69) is 0 Å². The standard InChI is InChI=1S/C15H18N2O3S/c1-11-6-7-13(10-16)9-15(11)21(19,20)17-8-4-3-5-14(17)12(2)18/h6-7,9,14H,3-5,8H2,1-2H3. The van der Waals surface area contributed by atoms with Crippen LogP contribution < -0.4 is 0 Å². The molecule has 1 aliphatic heterocycles. The minimum Gasteiger partial charge on any atom is -0.298 e. The number of nitriles is 1. The van der Waals surface area contributed by atoms with Crippen LogP contribution in [0.2, 0.25) is 0 Å². The summed E-state index contributed by atoms with van der Waals surface area (Å²) in [5, 5.41) is 8.96. The molecule has 21 heavy (non-hydrogen) atoms. The summed E-state index contributed by atoms with van der Waals surface area (Å²) in [7, 11) is -3.76. The molecule has 1 heterocycles. The summed E-state index contributed by atoms with van der Waals surface area (Å²) in [5.41, 5.74) is 0.887. The third-order valence-electron chi connectivity index (χ3n) is 3.83. The Balaban J connectivity index is 2.50. The first kappa shape index (κ1) is 15.7. The number of aryl methyl sites for hydroxylation is 1. The third-order valence-corrected chi connectivity index (χ3v) is 5.88. The van der Waals surface area contributed by atoms with E-state index in [1.165, 1.54) is 17.3 Å². The zero-order valence-corrected chi connectivity index (χ0v) is 13.0. The van der Waals surface area contributed by atoms with Gasteiger partial charge in [0.2, 0.25) is 10.0 Å². The highest BCUT2D eigenvalue weighted by atomic mass is 32.2. The number of rotatable bonds is 3. The molecule has 112 valence electrons. The number of piperidine rings is 1. The number of carbonyl (C=O) groups is 1. The lowest BCUT2D eigenvalue weighted by Crippen LogP contribution is -2.47. The van der Waals surface area contributed by atoms with E-state index >= 15 is 0 Å². The average Bonchev–Trinajstić information content (AvgIpc) is 2.47. The van der Waals surface area contributed by atoms with Crippen LogP contribution in [0.1, 0.15) is 37.3 Å². The molecule has 1 saturated heterocycles. The van der Waals surface area contributed by atoms with Crippen molar-refractivity contribution in [3.8, 4) is 6.07 Å². The molecule has 5 nitrogen and oxygen atoms in total. The van der Waals surface area contributed by atoms with E-state index in [0.29, 0.717) is 24.1 Å². The van der Waals surface area contributed by atoms with Crippen molar-refractivity contribution in [3.63, 3.8) is 0 Å². The highest BCUT2D eigenvalue weighted by Crippen LogP contribution is 2.28. The van der Waals surface area contributed by atoms with Crippen LogP contribution >= 0.6 is 0 Å². The number of sulfonamides is 1. The molecular formula is C15H18N2O3S. The van der Waals surface area contributed by atoms with Crippen molar-refractivity contribution in [2.75, 3.05) is 6.54 Å². The van der Waals surface area contributed by atoms with E-state index < -0.39 is 16.1 Å². The maximum Gasteiger partial charge on any atom is 0.244 e. The molecule has 2 rings (SSSR count). The summed E-state index contributed by atoms with van der Waals surface area (Å²) in [5.74, 6) is -0.132. The summed E-state index contributed by atoms with van der Waals surface area (Å²) in [6.45, 7) is 3.47. The topological polar surface area (TPSA) is 78.2 Å². The van der Waals surface area contributed by atoms with Crippen molar-refractivity contribution in [1.29, 1.82) is 5.26 Å². The van der Waals surface area contributed by atoms with Crippen LogP contribution in [0, 0.1) is 18.3 Å². The molecule has 0 spiro atoms. The van der Waals surface area contributed by atoms with Crippen LogP contribution in [0.4, 0.5) is 0 Å². The fourth-order valence-corrected chi connectivity index (χ4v) is 4.63. The van der Waals surface area contributed by atoms with Crippen LogP contribution in [-0.4, -0.2) is 31.1 Å². The normalized spacial score (nSPS) is 20.0. The summed E-state index contributed by atoms with van der Waals surface area (Å²) < 4.78 is 27.0. The van der Waals surface area contributed by atoms with Gasteiger partial charge in [-0.3, -0.25) is 4.79 Å². The van der Waals surface area contributed by atoms with Gasteiger partial charge in [0.25, 0.3) is 0 Å². The molecule has 1 unspecified atom stereocenters. The number of nitrogens with zero attached hydrogens (tertiary/aromatic N) is 2. The van der Waals surface area contributed by atoms with Gasteiger partial charge >= 0.3 is 0 Å². The molecule has 1 aromatic rings. The molecule has 0 bridgehead atoms. The lowest BCUT2D eigenvalue weighted by molar-refractivity contribution is -0.121. The number of carbonyl (C=O) groups excluding carboxylic acids is 1. The molecular weight excluding hydrogens is 288 g/mol. The van der Waals surface area contributed by atoms with E-state index in [9.17, 15) is 13.2 Å². The maximum atomic E-state index is 12.9. The molecule has 6 heteroatoms. The highest BCUT2D eigenvalue weighted by molar-refractivity contribution is 7.89. The van der Waals surface area contributed by atoms with Gasteiger partial charge in [0.1, 0.15) is 5.78 Å².